The third-order valence-corrected chi connectivity index (χ3v) is 4.67. The number of benzene rings is 2. The van der Waals surface area contributed by atoms with Crippen LogP contribution in [-0.2, 0) is 12.7 Å². The molecule has 1 saturated heterocycles. The molecule has 0 amide bonds. The van der Waals surface area contributed by atoms with E-state index >= 15 is 0 Å². The van der Waals surface area contributed by atoms with Crippen LogP contribution in [0.1, 0.15) is 34.3 Å². The van der Waals surface area contributed by atoms with Gasteiger partial charge >= 0.3 is 6.18 Å². The van der Waals surface area contributed by atoms with Crippen molar-refractivity contribution in [3.63, 3.8) is 0 Å². The SMILES string of the molecule is O=C(c1cccc(C(F)(F)F)c1)[C@H]1CCCN(Cc2cccc(O)c2)C1. The molecule has 0 spiro atoms. The number of carbonyl (C=O) groups is 1. The van der Waals surface area contributed by atoms with Crippen molar-refractivity contribution in [3.8, 4) is 5.75 Å². The van der Waals surface area contributed by atoms with Gasteiger partial charge in [0.15, 0.2) is 5.78 Å². The molecule has 0 radical (unpaired) electrons. The second-order valence-corrected chi connectivity index (χ2v) is 6.69. The van der Waals surface area contributed by atoms with Crippen molar-refractivity contribution in [1.82, 2.24) is 4.90 Å². The van der Waals surface area contributed by atoms with Gasteiger partial charge in [-0.25, -0.2) is 0 Å². The molecule has 1 heterocycles. The summed E-state index contributed by atoms with van der Waals surface area (Å²) in [6.45, 7) is 1.92. The molecule has 26 heavy (non-hydrogen) atoms. The van der Waals surface area contributed by atoms with E-state index in [0.717, 1.165) is 30.7 Å². The number of halogens is 3. The van der Waals surface area contributed by atoms with Crippen LogP contribution in [0.3, 0.4) is 0 Å². The van der Waals surface area contributed by atoms with Crippen LogP contribution >= 0.6 is 0 Å². The Morgan fingerprint density at radius 2 is 1.92 bits per heavy atom. The van der Waals surface area contributed by atoms with Gasteiger partial charge in [0.2, 0.25) is 0 Å². The van der Waals surface area contributed by atoms with Gasteiger partial charge in [-0.05, 0) is 49.2 Å². The van der Waals surface area contributed by atoms with Crippen molar-refractivity contribution in [2.75, 3.05) is 13.1 Å². The molecular formula is C20H20F3NO2. The zero-order valence-corrected chi connectivity index (χ0v) is 14.2. The number of nitrogens with zero attached hydrogens (tertiary/aromatic N) is 1. The third-order valence-electron chi connectivity index (χ3n) is 4.67. The summed E-state index contributed by atoms with van der Waals surface area (Å²) in [4.78, 5) is 14.8. The minimum absolute atomic E-state index is 0.115. The summed E-state index contributed by atoms with van der Waals surface area (Å²) in [6.07, 6.45) is -2.97. The Hall–Kier alpha value is -2.34. The molecule has 0 aromatic heterocycles. The lowest BCUT2D eigenvalue weighted by molar-refractivity contribution is -0.137. The molecule has 0 saturated carbocycles. The minimum Gasteiger partial charge on any atom is -0.508 e. The van der Waals surface area contributed by atoms with Crippen LogP contribution in [0.5, 0.6) is 5.75 Å². The van der Waals surface area contributed by atoms with E-state index in [4.69, 9.17) is 0 Å². The zero-order valence-electron chi connectivity index (χ0n) is 14.2. The molecule has 3 nitrogen and oxygen atoms in total. The number of phenolic OH excluding ortho intramolecular Hbond substituents is 1. The fourth-order valence-electron chi connectivity index (χ4n) is 3.41. The fourth-order valence-corrected chi connectivity index (χ4v) is 3.41. The lowest BCUT2D eigenvalue weighted by atomic mass is 9.89. The summed E-state index contributed by atoms with van der Waals surface area (Å²) in [5.41, 5.74) is 0.261. The number of phenols is 1. The van der Waals surface area contributed by atoms with Crippen molar-refractivity contribution >= 4 is 5.78 Å². The van der Waals surface area contributed by atoms with E-state index in [1.54, 1.807) is 18.2 Å². The van der Waals surface area contributed by atoms with E-state index in [1.807, 2.05) is 6.07 Å². The van der Waals surface area contributed by atoms with Crippen LogP contribution < -0.4 is 0 Å². The summed E-state index contributed by atoms with van der Waals surface area (Å²) >= 11 is 0. The first-order valence-corrected chi connectivity index (χ1v) is 8.54. The topological polar surface area (TPSA) is 40.5 Å². The zero-order chi connectivity index (χ0) is 18.7. The highest BCUT2D eigenvalue weighted by molar-refractivity contribution is 5.98. The largest absolute Gasteiger partial charge is 0.508 e. The average Bonchev–Trinajstić information content (AvgIpc) is 2.61. The number of likely N-dealkylation sites (tertiary alicyclic amines) is 1. The van der Waals surface area contributed by atoms with Gasteiger partial charge in [0.25, 0.3) is 0 Å². The van der Waals surface area contributed by atoms with Gasteiger partial charge in [-0.15, -0.1) is 0 Å². The molecule has 1 aliphatic heterocycles. The molecular weight excluding hydrogens is 343 g/mol. The van der Waals surface area contributed by atoms with E-state index in [0.29, 0.717) is 19.5 Å². The van der Waals surface area contributed by atoms with Crippen LogP contribution in [0, 0.1) is 5.92 Å². The molecule has 1 aliphatic rings. The lowest BCUT2D eigenvalue weighted by Gasteiger charge is -2.32. The summed E-state index contributed by atoms with van der Waals surface area (Å²) in [6, 6.07) is 11.6. The number of aromatic hydroxyl groups is 1. The number of rotatable bonds is 4. The second kappa shape index (κ2) is 7.50. The van der Waals surface area contributed by atoms with Crippen LogP contribution in [-0.4, -0.2) is 28.9 Å². The number of Topliss-reactive ketones (excluding diaryl/α,β-unsaturated/α-hetero) is 1. The Kier molecular flexibility index (Phi) is 5.32. The van der Waals surface area contributed by atoms with Gasteiger partial charge < -0.3 is 5.11 Å². The highest BCUT2D eigenvalue weighted by Gasteiger charge is 2.32. The molecule has 1 N–H and O–H groups in total. The van der Waals surface area contributed by atoms with Crippen molar-refractivity contribution in [1.29, 1.82) is 0 Å². The normalized spacial score (nSPS) is 18.7. The number of hydrogen-bond acceptors (Lipinski definition) is 3. The summed E-state index contributed by atoms with van der Waals surface area (Å²) in [7, 11) is 0. The van der Waals surface area contributed by atoms with Gasteiger partial charge in [-0.1, -0.05) is 24.3 Å². The molecule has 0 bridgehead atoms. The lowest BCUT2D eigenvalue weighted by Crippen LogP contribution is -2.38. The first-order chi connectivity index (χ1) is 12.3. The highest BCUT2D eigenvalue weighted by Crippen LogP contribution is 2.31. The van der Waals surface area contributed by atoms with E-state index in [9.17, 15) is 23.1 Å². The highest BCUT2D eigenvalue weighted by atomic mass is 19.4. The van der Waals surface area contributed by atoms with Crippen LogP contribution in [0.15, 0.2) is 48.5 Å². The van der Waals surface area contributed by atoms with Crippen LogP contribution in [0.25, 0.3) is 0 Å². The van der Waals surface area contributed by atoms with E-state index in [1.165, 1.54) is 12.1 Å². The quantitative estimate of drug-likeness (QED) is 0.813. The van der Waals surface area contributed by atoms with Gasteiger partial charge in [0, 0.05) is 24.6 Å². The maximum absolute atomic E-state index is 12.9. The first kappa shape index (κ1) is 18.5. The predicted octanol–water partition coefficient (Wildman–Crippen LogP) is 4.51. The monoisotopic (exact) mass is 363 g/mol. The summed E-state index contributed by atoms with van der Waals surface area (Å²) in [5.74, 6) is -0.364. The second-order valence-electron chi connectivity index (χ2n) is 6.69. The molecule has 2 aromatic rings. The van der Waals surface area contributed by atoms with Crippen molar-refractivity contribution in [3.05, 3.63) is 65.2 Å². The molecule has 0 aliphatic carbocycles. The molecule has 138 valence electrons. The van der Waals surface area contributed by atoms with E-state index in [-0.39, 0.29) is 23.0 Å². The fraction of sp³-hybridized carbons (Fsp3) is 0.350. The first-order valence-electron chi connectivity index (χ1n) is 8.54. The standard InChI is InChI=1S/C20H20F3NO2/c21-20(22,23)17-7-2-5-15(11-17)19(26)16-6-3-9-24(13-16)12-14-4-1-8-18(25)10-14/h1-2,4-5,7-8,10-11,16,25H,3,6,9,12-13H2/t16-/m0/s1. The van der Waals surface area contributed by atoms with E-state index < -0.39 is 11.7 Å². The van der Waals surface area contributed by atoms with Crippen molar-refractivity contribution in [2.24, 2.45) is 5.92 Å². The molecule has 6 heteroatoms. The third kappa shape index (κ3) is 4.43. The molecule has 0 unspecified atom stereocenters. The van der Waals surface area contributed by atoms with Crippen LogP contribution in [0.2, 0.25) is 0 Å². The van der Waals surface area contributed by atoms with Crippen molar-refractivity contribution < 1.29 is 23.1 Å². The Morgan fingerprint density at radius 1 is 1.15 bits per heavy atom. The average molecular weight is 363 g/mol. The maximum atomic E-state index is 12.9. The Balaban J connectivity index is 1.70. The minimum atomic E-state index is -4.45. The maximum Gasteiger partial charge on any atom is 0.416 e. The van der Waals surface area contributed by atoms with Gasteiger partial charge in [0.1, 0.15) is 5.75 Å². The number of carbonyl (C=O) groups excluding carboxylic acids is 1. The number of ketones is 1. The number of hydrogen-bond donors (Lipinski definition) is 1. The van der Waals surface area contributed by atoms with Crippen molar-refractivity contribution in [2.45, 2.75) is 25.6 Å². The summed E-state index contributed by atoms with van der Waals surface area (Å²) < 4.78 is 38.6. The molecule has 1 atom stereocenters. The van der Waals surface area contributed by atoms with Crippen LogP contribution in [0.4, 0.5) is 13.2 Å². The van der Waals surface area contributed by atoms with E-state index in [2.05, 4.69) is 4.90 Å². The Labute approximate surface area is 150 Å². The number of piperidine rings is 1. The van der Waals surface area contributed by atoms with Gasteiger partial charge in [-0.2, -0.15) is 13.2 Å². The molecule has 3 rings (SSSR count). The molecule has 1 fully saturated rings. The summed E-state index contributed by atoms with van der Waals surface area (Å²) in [5, 5.41) is 9.56. The predicted molar refractivity (Wildman–Crippen MR) is 91.9 cm³/mol. The van der Waals surface area contributed by atoms with Gasteiger partial charge in [-0.3, -0.25) is 9.69 Å². The van der Waals surface area contributed by atoms with Gasteiger partial charge in [0.05, 0.1) is 5.56 Å². The molecule has 2 aromatic carbocycles. The number of alkyl halides is 3. The smallest absolute Gasteiger partial charge is 0.416 e. The Bertz CT molecular complexity index is 789. The Morgan fingerprint density at radius 3 is 2.65 bits per heavy atom.